The molecule has 10 heteroatoms. The number of nitrogens with zero attached hydrogens (tertiary/aromatic N) is 3. The molecule has 3 atom stereocenters. The number of nitro groups is 3. The minimum atomic E-state index is -2.71. The second-order valence-corrected chi connectivity index (χ2v) is 6.68. The van der Waals surface area contributed by atoms with E-state index in [1.807, 2.05) is 0 Å². The fraction of sp³-hybridized carbons (Fsp3) is 0.750. The molecule has 0 aliphatic heterocycles. The van der Waals surface area contributed by atoms with Gasteiger partial charge in [-0.2, -0.15) is 0 Å². The number of Topliss-reactive ketones (excluding diaryl/α,β-unsaturated/α-hetero) is 1. The third-order valence-electron chi connectivity index (χ3n) is 4.02. The van der Waals surface area contributed by atoms with Gasteiger partial charge in [0, 0.05) is 40.3 Å². The van der Waals surface area contributed by atoms with Crippen molar-refractivity contribution >= 4 is 5.78 Å². The lowest BCUT2D eigenvalue weighted by Crippen LogP contribution is -2.68. The van der Waals surface area contributed by atoms with Crippen LogP contribution in [0.15, 0.2) is 11.6 Å². The summed E-state index contributed by atoms with van der Waals surface area (Å²) in [6.07, 6.45) is 0.897. The largest absolute Gasteiger partial charge is 0.353 e. The Morgan fingerprint density at radius 3 is 1.77 bits per heavy atom. The van der Waals surface area contributed by atoms with E-state index in [1.165, 1.54) is 0 Å². The molecule has 0 amide bonds. The molecule has 0 unspecified atom stereocenters. The van der Waals surface area contributed by atoms with Crippen molar-refractivity contribution in [1.29, 1.82) is 0 Å². The molecule has 0 bridgehead atoms. The highest BCUT2D eigenvalue weighted by atomic mass is 16.9. The van der Waals surface area contributed by atoms with Gasteiger partial charge in [0.25, 0.3) is 5.78 Å². The molecular weight excluding hydrogens is 299 g/mol. The number of carbonyl (C=O) groups excluding carboxylic acids is 1. The van der Waals surface area contributed by atoms with E-state index in [-0.39, 0.29) is 5.57 Å². The molecular formula is C12H17N3O7. The monoisotopic (exact) mass is 316 g/mol. The predicted molar refractivity (Wildman–Crippen MR) is 74.1 cm³/mol. The fourth-order valence-corrected chi connectivity index (χ4v) is 2.65. The summed E-state index contributed by atoms with van der Waals surface area (Å²) in [4.78, 5) is 43.6. The van der Waals surface area contributed by atoms with Gasteiger partial charge < -0.3 is 0 Å². The zero-order chi connectivity index (χ0) is 17.7. The van der Waals surface area contributed by atoms with Crippen LogP contribution in [0, 0.1) is 35.8 Å². The Kier molecular flexibility index (Phi) is 3.87. The summed E-state index contributed by atoms with van der Waals surface area (Å²) < 4.78 is 0. The number of hydrogen-bond donors (Lipinski definition) is 0. The van der Waals surface area contributed by atoms with Gasteiger partial charge in [-0.3, -0.25) is 35.1 Å². The van der Waals surface area contributed by atoms with Crippen LogP contribution in [0.3, 0.4) is 0 Å². The lowest BCUT2D eigenvalue weighted by atomic mass is 9.65. The second kappa shape index (κ2) is 4.82. The van der Waals surface area contributed by atoms with E-state index in [0.717, 1.165) is 19.9 Å². The van der Waals surface area contributed by atoms with E-state index in [1.54, 1.807) is 20.8 Å². The van der Waals surface area contributed by atoms with E-state index in [9.17, 15) is 35.1 Å². The van der Waals surface area contributed by atoms with Crippen molar-refractivity contribution in [2.75, 3.05) is 0 Å². The summed E-state index contributed by atoms with van der Waals surface area (Å²) in [5.74, 6) is -1.40. The maximum Gasteiger partial charge on any atom is 0.353 e. The first kappa shape index (κ1) is 17.7. The van der Waals surface area contributed by atoms with Crippen molar-refractivity contribution in [3.05, 3.63) is 42.0 Å². The molecule has 0 spiro atoms. The summed E-state index contributed by atoms with van der Waals surface area (Å²) in [7, 11) is 0. The van der Waals surface area contributed by atoms with Gasteiger partial charge in [0.05, 0.1) is 0 Å². The van der Waals surface area contributed by atoms with Crippen LogP contribution in [0.1, 0.15) is 34.6 Å². The summed E-state index contributed by atoms with van der Waals surface area (Å²) in [5.41, 5.74) is -6.14. The highest BCUT2D eigenvalue weighted by Crippen LogP contribution is 2.43. The molecule has 0 radical (unpaired) electrons. The Balaban J connectivity index is 3.88. The third-order valence-corrected chi connectivity index (χ3v) is 4.02. The second-order valence-electron chi connectivity index (χ2n) is 6.68. The van der Waals surface area contributed by atoms with Gasteiger partial charge in [-0.1, -0.05) is 20.8 Å². The van der Waals surface area contributed by atoms with Crippen LogP contribution in [-0.4, -0.2) is 37.7 Å². The van der Waals surface area contributed by atoms with E-state index in [0.29, 0.717) is 0 Å². The average molecular weight is 316 g/mol. The van der Waals surface area contributed by atoms with E-state index < -0.39 is 43.1 Å². The van der Waals surface area contributed by atoms with E-state index in [4.69, 9.17) is 0 Å². The summed E-state index contributed by atoms with van der Waals surface area (Å²) >= 11 is 0. The molecule has 22 heavy (non-hydrogen) atoms. The van der Waals surface area contributed by atoms with Crippen LogP contribution in [-0.2, 0) is 4.79 Å². The van der Waals surface area contributed by atoms with Crippen molar-refractivity contribution in [2.45, 2.75) is 51.7 Å². The molecule has 1 aliphatic carbocycles. The van der Waals surface area contributed by atoms with Gasteiger partial charge >= 0.3 is 17.1 Å². The molecule has 1 rings (SSSR count). The first-order valence-corrected chi connectivity index (χ1v) is 6.41. The topological polar surface area (TPSA) is 146 Å². The smallest absolute Gasteiger partial charge is 0.283 e. The molecule has 0 saturated heterocycles. The number of rotatable bonds is 3. The highest BCUT2D eigenvalue weighted by Gasteiger charge is 2.73. The molecule has 0 heterocycles. The Labute approximate surface area is 125 Å². The van der Waals surface area contributed by atoms with Crippen molar-refractivity contribution in [1.82, 2.24) is 0 Å². The lowest BCUT2D eigenvalue weighted by Gasteiger charge is -2.37. The van der Waals surface area contributed by atoms with Crippen LogP contribution in [0.25, 0.3) is 0 Å². The Bertz CT molecular complexity index is 606. The zero-order valence-electron chi connectivity index (χ0n) is 12.9. The Hall–Kier alpha value is -2.39. The fourth-order valence-electron chi connectivity index (χ4n) is 2.65. The number of carbonyl (C=O) groups is 1. The molecule has 0 saturated carbocycles. The van der Waals surface area contributed by atoms with Gasteiger partial charge in [-0.05, 0) is 5.41 Å². The molecule has 0 fully saturated rings. The summed E-state index contributed by atoms with van der Waals surface area (Å²) in [6, 6.07) is -1.96. The van der Waals surface area contributed by atoms with Gasteiger partial charge in [0.15, 0.2) is 0 Å². The molecule has 10 nitrogen and oxygen atoms in total. The van der Waals surface area contributed by atoms with Gasteiger partial charge in [-0.25, -0.2) is 0 Å². The average Bonchev–Trinajstić information content (AvgIpc) is 2.33. The van der Waals surface area contributed by atoms with Crippen LogP contribution in [0.2, 0.25) is 0 Å². The van der Waals surface area contributed by atoms with Crippen molar-refractivity contribution in [3.63, 3.8) is 0 Å². The van der Waals surface area contributed by atoms with Crippen molar-refractivity contribution < 1.29 is 19.6 Å². The quantitative estimate of drug-likeness (QED) is 0.329. The number of ketones is 1. The van der Waals surface area contributed by atoms with Crippen LogP contribution in [0.5, 0.6) is 0 Å². The van der Waals surface area contributed by atoms with E-state index >= 15 is 0 Å². The first-order chi connectivity index (χ1) is 9.70. The van der Waals surface area contributed by atoms with Crippen LogP contribution < -0.4 is 0 Å². The molecule has 0 aromatic carbocycles. The minimum absolute atomic E-state index is 0.101. The maximum atomic E-state index is 12.4. The normalized spacial score (nSPS) is 32.3. The lowest BCUT2D eigenvalue weighted by molar-refractivity contribution is -0.637. The van der Waals surface area contributed by atoms with Gasteiger partial charge in [0.1, 0.15) is 0 Å². The highest BCUT2D eigenvalue weighted by molar-refractivity contribution is 5.98. The van der Waals surface area contributed by atoms with Crippen LogP contribution in [0.4, 0.5) is 0 Å². The molecule has 0 aromatic rings. The maximum absolute atomic E-state index is 12.4. The SMILES string of the molecule is CC(C)(C)C1=C[C@](C)([N+](=O)[O-])C(=O)[C@](C)([15N+](=O)[O-])[C@H]1[N+](=O)[O-]. The molecule has 1 aliphatic rings. The molecule has 0 aromatic heterocycles. The molecule has 0 N–H and O–H groups in total. The van der Waals surface area contributed by atoms with Gasteiger partial charge in [-0.15, -0.1) is 0 Å². The Morgan fingerprint density at radius 1 is 1.05 bits per heavy atom. The van der Waals surface area contributed by atoms with Crippen LogP contribution >= 0.6 is 0 Å². The van der Waals surface area contributed by atoms with E-state index in [2.05, 4.69) is 0 Å². The third kappa shape index (κ3) is 2.24. The minimum Gasteiger partial charge on any atom is -0.283 e. The first-order valence-electron chi connectivity index (χ1n) is 6.41. The standard InChI is InChI=1S/C12H17N3O7/c1-10(2,3)7-6-11(4,14(19)20)9(16)12(5,15(21)22)8(7)13(17)18/h6,8H,1-5H3/t8-,11-,12+/m0/s1/i15+1. The van der Waals surface area contributed by atoms with Crippen molar-refractivity contribution in [2.24, 2.45) is 5.41 Å². The predicted octanol–water partition coefficient (Wildman–Crippen LogP) is 1.26. The van der Waals surface area contributed by atoms with Gasteiger partial charge in [0.2, 0.25) is 0 Å². The molecule has 122 valence electrons. The number of hydrogen-bond acceptors (Lipinski definition) is 7. The summed E-state index contributed by atoms with van der Waals surface area (Å²) in [6.45, 7) is 6.35. The van der Waals surface area contributed by atoms with Crippen molar-refractivity contribution in [3.8, 4) is 0 Å². The summed E-state index contributed by atoms with van der Waals surface area (Å²) in [5, 5.41) is 34.1. The zero-order valence-corrected chi connectivity index (χ0v) is 12.9. The Morgan fingerprint density at radius 2 is 1.50 bits per heavy atom.